The number of carbonyl (C=O) groups is 2. The van der Waals surface area contributed by atoms with Crippen molar-refractivity contribution < 1.29 is 9.59 Å². The highest BCUT2D eigenvalue weighted by atomic mass is 35.5. The lowest BCUT2D eigenvalue weighted by atomic mass is 10.1. The van der Waals surface area contributed by atoms with Gasteiger partial charge < -0.3 is 5.32 Å². The smallest absolute Gasteiger partial charge is 0.259 e. The predicted octanol–water partition coefficient (Wildman–Crippen LogP) is 4.91. The Labute approximate surface area is 169 Å². The van der Waals surface area contributed by atoms with E-state index < -0.39 is 11.8 Å². The third-order valence-corrected chi connectivity index (χ3v) is 5.12. The second-order valence-electron chi connectivity index (χ2n) is 5.43. The molecule has 0 radical (unpaired) electrons. The van der Waals surface area contributed by atoms with Crippen LogP contribution in [-0.2, 0) is 6.42 Å². The molecule has 0 fully saturated rings. The summed E-state index contributed by atoms with van der Waals surface area (Å²) >= 11 is 13.2. The van der Waals surface area contributed by atoms with Gasteiger partial charge in [-0.2, -0.15) is 0 Å². The van der Waals surface area contributed by atoms with Crippen molar-refractivity contribution in [3.63, 3.8) is 0 Å². The zero-order valence-electron chi connectivity index (χ0n) is 14.1. The van der Waals surface area contributed by atoms with Gasteiger partial charge in [-0.3, -0.25) is 14.9 Å². The summed E-state index contributed by atoms with van der Waals surface area (Å²) in [4.78, 5) is 25.1. The first kappa shape index (κ1) is 19.3. The van der Waals surface area contributed by atoms with Gasteiger partial charge >= 0.3 is 0 Å². The lowest BCUT2D eigenvalue weighted by molar-refractivity contribution is 0.102. The number of para-hydroxylation sites is 1. The summed E-state index contributed by atoms with van der Waals surface area (Å²) in [5.41, 5.74) is 0.906. The van der Waals surface area contributed by atoms with Crippen LogP contribution in [0.4, 0.5) is 10.8 Å². The molecule has 3 aromatic rings. The SMILES string of the molecule is CCc1nnc(NC(=O)c2ccccc2NC(=O)c2ccc(Cl)cc2Cl)s1. The first-order valence-electron chi connectivity index (χ1n) is 7.97. The van der Waals surface area contributed by atoms with Crippen molar-refractivity contribution in [1.29, 1.82) is 0 Å². The van der Waals surface area contributed by atoms with Gasteiger partial charge in [-0.05, 0) is 36.8 Å². The van der Waals surface area contributed by atoms with Gasteiger partial charge in [-0.1, -0.05) is 53.6 Å². The molecule has 2 N–H and O–H groups in total. The Morgan fingerprint density at radius 3 is 2.44 bits per heavy atom. The van der Waals surface area contributed by atoms with Crippen molar-refractivity contribution in [3.05, 3.63) is 68.6 Å². The van der Waals surface area contributed by atoms with Crippen LogP contribution in [0.15, 0.2) is 42.5 Å². The number of benzene rings is 2. The molecular formula is C18H14Cl2N4O2S. The number of anilines is 2. The van der Waals surface area contributed by atoms with E-state index in [2.05, 4.69) is 20.8 Å². The number of hydrogen-bond donors (Lipinski definition) is 2. The third kappa shape index (κ3) is 4.63. The number of rotatable bonds is 5. The molecule has 0 aliphatic heterocycles. The minimum Gasteiger partial charge on any atom is -0.321 e. The minimum absolute atomic E-state index is 0.225. The van der Waals surface area contributed by atoms with Crippen molar-refractivity contribution in [2.45, 2.75) is 13.3 Å². The minimum atomic E-state index is -0.443. The van der Waals surface area contributed by atoms with Crippen molar-refractivity contribution in [3.8, 4) is 0 Å². The molecule has 1 aromatic heterocycles. The van der Waals surface area contributed by atoms with Gasteiger partial charge in [0.15, 0.2) is 0 Å². The average molecular weight is 421 g/mol. The first-order chi connectivity index (χ1) is 13.0. The lowest BCUT2D eigenvalue weighted by Crippen LogP contribution is -2.18. The fraction of sp³-hybridized carbons (Fsp3) is 0.111. The largest absolute Gasteiger partial charge is 0.321 e. The number of carbonyl (C=O) groups excluding carboxylic acids is 2. The van der Waals surface area contributed by atoms with Crippen molar-refractivity contribution in [1.82, 2.24) is 10.2 Å². The van der Waals surface area contributed by atoms with Gasteiger partial charge in [0.25, 0.3) is 11.8 Å². The zero-order valence-corrected chi connectivity index (χ0v) is 16.5. The predicted molar refractivity (Wildman–Crippen MR) is 108 cm³/mol. The Bertz CT molecular complexity index is 1010. The van der Waals surface area contributed by atoms with Crippen molar-refractivity contribution >= 4 is 57.2 Å². The van der Waals surface area contributed by atoms with Crippen LogP contribution in [-0.4, -0.2) is 22.0 Å². The topological polar surface area (TPSA) is 84.0 Å². The molecule has 0 aliphatic rings. The maximum absolute atomic E-state index is 12.6. The monoisotopic (exact) mass is 420 g/mol. The third-order valence-electron chi connectivity index (χ3n) is 3.59. The second kappa shape index (κ2) is 8.47. The molecule has 0 unspecified atom stereocenters. The highest BCUT2D eigenvalue weighted by Gasteiger charge is 2.17. The fourth-order valence-corrected chi connectivity index (χ4v) is 3.43. The van der Waals surface area contributed by atoms with Crippen molar-refractivity contribution in [2.24, 2.45) is 0 Å². The molecule has 0 aliphatic carbocycles. The number of nitrogens with zero attached hydrogens (tertiary/aromatic N) is 2. The second-order valence-corrected chi connectivity index (χ2v) is 7.34. The number of nitrogens with one attached hydrogen (secondary N) is 2. The van der Waals surface area contributed by atoms with E-state index in [0.717, 1.165) is 11.4 Å². The molecule has 0 spiro atoms. The van der Waals surface area contributed by atoms with Crippen LogP contribution >= 0.6 is 34.5 Å². The molecule has 9 heteroatoms. The standard InChI is InChI=1S/C18H14Cl2N4O2S/c1-2-15-23-24-18(27-15)22-17(26)12-5-3-4-6-14(12)21-16(25)11-8-7-10(19)9-13(11)20/h3-9H,2H2,1H3,(H,21,25)(H,22,24,26). The Balaban J connectivity index is 1.80. The van der Waals surface area contributed by atoms with Crippen LogP contribution in [0.5, 0.6) is 0 Å². The normalized spacial score (nSPS) is 10.5. The molecule has 2 aromatic carbocycles. The van der Waals surface area contributed by atoms with E-state index in [9.17, 15) is 9.59 Å². The maximum atomic E-state index is 12.6. The van der Waals surface area contributed by atoms with Crippen LogP contribution in [0.3, 0.4) is 0 Å². The summed E-state index contributed by atoms with van der Waals surface area (Å²) in [5.74, 6) is -0.840. The maximum Gasteiger partial charge on any atom is 0.259 e. The first-order valence-corrected chi connectivity index (χ1v) is 9.54. The molecule has 27 heavy (non-hydrogen) atoms. The van der Waals surface area contributed by atoms with Gasteiger partial charge in [0.05, 0.1) is 21.8 Å². The van der Waals surface area contributed by atoms with E-state index in [4.69, 9.17) is 23.2 Å². The summed E-state index contributed by atoms with van der Waals surface area (Å²) < 4.78 is 0. The van der Waals surface area contributed by atoms with Crippen LogP contribution < -0.4 is 10.6 Å². The van der Waals surface area contributed by atoms with Gasteiger partial charge in [0.2, 0.25) is 5.13 Å². The molecule has 0 bridgehead atoms. The summed E-state index contributed by atoms with van der Waals surface area (Å²) in [7, 11) is 0. The summed E-state index contributed by atoms with van der Waals surface area (Å²) in [6, 6.07) is 11.2. The van der Waals surface area contributed by atoms with Crippen LogP contribution in [0, 0.1) is 0 Å². The van der Waals surface area contributed by atoms with E-state index in [1.807, 2.05) is 6.92 Å². The number of hydrogen-bond acceptors (Lipinski definition) is 5. The number of aromatic nitrogens is 2. The average Bonchev–Trinajstić information content (AvgIpc) is 3.09. The summed E-state index contributed by atoms with van der Waals surface area (Å²) in [6.45, 7) is 1.96. The van der Waals surface area contributed by atoms with Gasteiger partial charge in [0, 0.05) is 5.02 Å². The van der Waals surface area contributed by atoms with Crippen LogP contribution in [0.1, 0.15) is 32.6 Å². The number of amides is 2. The molecular weight excluding hydrogens is 407 g/mol. The van der Waals surface area contributed by atoms with Crippen LogP contribution in [0.25, 0.3) is 0 Å². The Kier molecular flexibility index (Phi) is 6.05. The fourth-order valence-electron chi connectivity index (χ4n) is 2.26. The van der Waals surface area contributed by atoms with E-state index in [0.29, 0.717) is 21.4 Å². The molecule has 0 saturated carbocycles. The summed E-state index contributed by atoms with van der Waals surface area (Å²) in [6.07, 6.45) is 0.738. The number of aryl methyl sites for hydroxylation is 1. The Morgan fingerprint density at radius 1 is 1.00 bits per heavy atom. The lowest BCUT2D eigenvalue weighted by Gasteiger charge is -2.11. The molecule has 0 saturated heterocycles. The van der Waals surface area contributed by atoms with E-state index in [-0.39, 0.29) is 10.6 Å². The van der Waals surface area contributed by atoms with E-state index in [1.54, 1.807) is 30.3 Å². The van der Waals surface area contributed by atoms with Crippen LogP contribution in [0.2, 0.25) is 10.0 Å². The van der Waals surface area contributed by atoms with Gasteiger partial charge in [0.1, 0.15) is 5.01 Å². The zero-order chi connectivity index (χ0) is 19.4. The molecule has 3 rings (SSSR count). The van der Waals surface area contributed by atoms with Crippen molar-refractivity contribution in [2.75, 3.05) is 10.6 Å². The molecule has 2 amide bonds. The van der Waals surface area contributed by atoms with Gasteiger partial charge in [-0.15, -0.1) is 10.2 Å². The molecule has 0 atom stereocenters. The molecule has 138 valence electrons. The Morgan fingerprint density at radius 2 is 1.74 bits per heavy atom. The quantitative estimate of drug-likeness (QED) is 0.613. The van der Waals surface area contributed by atoms with Gasteiger partial charge in [-0.25, -0.2) is 0 Å². The molecule has 6 nitrogen and oxygen atoms in total. The summed E-state index contributed by atoms with van der Waals surface area (Å²) in [5, 5.41) is 15.2. The number of halogens is 2. The highest BCUT2D eigenvalue weighted by Crippen LogP contribution is 2.24. The highest BCUT2D eigenvalue weighted by molar-refractivity contribution is 7.15. The van der Waals surface area contributed by atoms with E-state index >= 15 is 0 Å². The van der Waals surface area contributed by atoms with E-state index in [1.165, 1.54) is 23.5 Å². The Hall–Kier alpha value is -2.48. The molecule has 1 heterocycles.